The molecule has 2 fully saturated rings. The lowest BCUT2D eigenvalue weighted by molar-refractivity contribution is 0.00159. The van der Waals surface area contributed by atoms with E-state index >= 15 is 0 Å². The van der Waals surface area contributed by atoms with Gasteiger partial charge >= 0.3 is 0 Å². The number of nitrogens with zero attached hydrogens (tertiary/aromatic N) is 2. The molecule has 0 aliphatic carbocycles. The highest BCUT2D eigenvalue weighted by Gasteiger charge is 2.28. The fourth-order valence-electron chi connectivity index (χ4n) is 4.31. The van der Waals surface area contributed by atoms with Crippen molar-refractivity contribution in [3.05, 3.63) is 34.9 Å². The maximum absolute atomic E-state index is 13.0. The topological polar surface area (TPSA) is 32.8 Å². The summed E-state index contributed by atoms with van der Waals surface area (Å²) in [4.78, 5) is 17.6. The van der Waals surface area contributed by atoms with Gasteiger partial charge in [0.25, 0.3) is 5.91 Å². The molecule has 26 heavy (non-hydrogen) atoms. The number of morpholine rings is 1. The van der Waals surface area contributed by atoms with E-state index in [0.29, 0.717) is 6.04 Å². The summed E-state index contributed by atoms with van der Waals surface area (Å²) < 4.78 is 5.46. The number of likely N-dealkylation sites (tertiary alicyclic amines) is 1. The largest absolute Gasteiger partial charge is 0.379 e. The summed E-state index contributed by atoms with van der Waals surface area (Å²) in [6.07, 6.45) is 3.12. The molecule has 1 aromatic rings. The first kappa shape index (κ1) is 19.4. The van der Waals surface area contributed by atoms with Gasteiger partial charge in [-0.3, -0.25) is 9.69 Å². The van der Waals surface area contributed by atoms with E-state index in [1.54, 1.807) is 0 Å². The van der Waals surface area contributed by atoms with Crippen molar-refractivity contribution < 1.29 is 9.53 Å². The van der Waals surface area contributed by atoms with Crippen LogP contribution in [0.3, 0.4) is 0 Å². The predicted octanol–water partition coefficient (Wildman–Crippen LogP) is 3.48. The molecule has 4 heteroatoms. The Morgan fingerprint density at radius 1 is 1.12 bits per heavy atom. The zero-order chi connectivity index (χ0) is 18.7. The van der Waals surface area contributed by atoms with E-state index < -0.39 is 0 Å². The standard InChI is InChI=1S/C22H34N2O2/c1-5-17-16-18(6-7-20(17)22(2,3)4)21(25)24-10-8-19(9-11-24)23-12-14-26-15-13-23/h6-7,16,19H,5,8-15H2,1-4H3. The number of amides is 1. The second-order valence-electron chi connectivity index (χ2n) is 8.65. The fourth-order valence-corrected chi connectivity index (χ4v) is 4.31. The first-order valence-corrected chi connectivity index (χ1v) is 10.1. The Kier molecular flexibility index (Phi) is 6.03. The minimum Gasteiger partial charge on any atom is -0.379 e. The average Bonchev–Trinajstić information content (AvgIpc) is 2.67. The Bertz CT molecular complexity index is 622. The van der Waals surface area contributed by atoms with E-state index in [9.17, 15) is 4.79 Å². The lowest BCUT2D eigenvalue weighted by atomic mass is 9.82. The molecule has 0 radical (unpaired) electrons. The number of carbonyl (C=O) groups excluding carboxylic acids is 1. The number of aryl methyl sites for hydroxylation is 1. The minimum atomic E-state index is 0.115. The van der Waals surface area contributed by atoms with Gasteiger partial charge < -0.3 is 9.64 Å². The molecule has 2 heterocycles. The number of ether oxygens (including phenoxy) is 1. The summed E-state index contributed by atoms with van der Waals surface area (Å²) in [5, 5.41) is 0. The summed E-state index contributed by atoms with van der Waals surface area (Å²) in [6.45, 7) is 14.4. The van der Waals surface area contributed by atoms with E-state index in [2.05, 4.69) is 44.7 Å². The summed E-state index contributed by atoms with van der Waals surface area (Å²) >= 11 is 0. The van der Waals surface area contributed by atoms with Crippen LogP contribution in [0.15, 0.2) is 18.2 Å². The van der Waals surface area contributed by atoms with Gasteiger partial charge in [0.2, 0.25) is 0 Å². The Morgan fingerprint density at radius 2 is 1.77 bits per heavy atom. The molecular weight excluding hydrogens is 324 g/mol. The van der Waals surface area contributed by atoms with Crippen LogP contribution in [0, 0.1) is 0 Å². The first-order chi connectivity index (χ1) is 12.4. The predicted molar refractivity (Wildman–Crippen MR) is 106 cm³/mol. The third-order valence-electron chi connectivity index (χ3n) is 5.85. The van der Waals surface area contributed by atoms with Crippen LogP contribution in [-0.4, -0.2) is 61.1 Å². The normalized spacial score (nSPS) is 20.4. The third-order valence-corrected chi connectivity index (χ3v) is 5.85. The maximum Gasteiger partial charge on any atom is 0.253 e. The number of hydrogen-bond donors (Lipinski definition) is 0. The molecular formula is C22H34N2O2. The smallest absolute Gasteiger partial charge is 0.253 e. The summed E-state index contributed by atoms with van der Waals surface area (Å²) in [5.41, 5.74) is 3.61. The van der Waals surface area contributed by atoms with Crippen LogP contribution in [0.25, 0.3) is 0 Å². The van der Waals surface area contributed by atoms with Crippen molar-refractivity contribution in [2.75, 3.05) is 39.4 Å². The number of benzene rings is 1. The Labute approximate surface area is 158 Å². The number of piperidine rings is 1. The van der Waals surface area contributed by atoms with Crippen molar-refractivity contribution in [3.63, 3.8) is 0 Å². The molecule has 0 bridgehead atoms. The monoisotopic (exact) mass is 358 g/mol. The van der Waals surface area contributed by atoms with Crippen LogP contribution in [0.1, 0.15) is 62.0 Å². The molecule has 2 aliphatic heterocycles. The first-order valence-electron chi connectivity index (χ1n) is 10.1. The summed E-state index contributed by atoms with van der Waals surface area (Å²) in [6, 6.07) is 6.91. The van der Waals surface area contributed by atoms with Crippen molar-refractivity contribution in [1.29, 1.82) is 0 Å². The zero-order valence-corrected chi connectivity index (χ0v) is 16.9. The van der Waals surface area contributed by atoms with Crippen LogP contribution in [0.2, 0.25) is 0 Å². The van der Waals surface area contributed by atoms with Gasteiger partial charge in [-0.1, -0.05) is 33.8 Å². The number of rotatable bonds is 3. The van der Waals surface area contributed by atoms with Gasteiger partial charge in [-0.15, -0.1) is 0 Å². The molecule has 144 valence electrons. The van der Waals surface area contributed by atoms with Gasteiger partial charge in [0.15, 0.2) is 0 Å². The van der Waals surface area contributed by atoms with Gasteiger partial charge in [-0.05, 0) is 47.9 Å². The van der Waals surface area contributed by atoms with Gasteiger partial charge in [-0.2, -0.15) is 0 Å². The third kappa shape index (κ3) is 4.29. The Morgan fingerprint density at radius 3 is 2.35 bits per heavy atom. The quantitative estimate of drug-likeness (QED) is 0.829. The number of carbonyl (C=O) groups is 1. The molecule has 0 saturated carbocycles. The van der Waals surface area contributed by atoms with Gasteiger partial charge in [0.1, 0.15) is 0 Å². The fraction of sp³-hybridized carbons (Fsp3) is 0.682. The molecule has 3 rings (SSSR count). The van der Waals surface area contributed by atoms with Crippen LogP contribution in [0.4, 0.5) is 0 Å². The van der Waals surface area contributed by atoms with Gasteiger partial charge in [-0.25, -0.2) is 0 Å². The second-order valence-corrected chi connectivity index (χ2v) is 8.65. The lowest BCUT2D eigenvalue weighted by Gasteiger charge is -2.40. The molecule has 0 unspecified atom stereocenters. The van der Waals surface area contributed by atoms with Crippen LogP contribution < -0.4 is 0 Å². The molecule has 2 saturated heterocycles. The second kappa shape index (κ2) is 8.10. The average molecular weight is 359 g/mol. The molecule has 2 aliphatic rings. The Balaban J connectivity index is 1.65. The highest BCUT2D eigenvalue weighted by Crippen LogP contribution is 2.28. The summed E-state index contributed by atoms with van der Waals surface area (Å²) in [7, 11) is 0. The van der Waals surface area contributed by atoms with Crippen molar-refractivity contribution in [2.45, 2.75) is 58.4 Å². The van der Waals surface area contributed by atoms with Crippen LogP contribution in [0.5, 0.6) is 0 Å². The van der Waals surface area contributed by atoms with E-state index in [4.69, 9.17) is 4.74 Å². The van der Waals surface area contributed by atoms with Crippen LogP contribution >= 0.6 is 0 Å². The van der Waals surface area contributed by atoms with E-state index in [1.165, 1.54) is 11.1 Å². The van der Waals surface area contributed by atoms with Crippen molar-refractivity contribution >= 4 is 5.91 Å². The maximum atomic E-state index is 13.0. The van der Waals surface area contributed by atoms with Crippen LogP contribution in [-0.2, 0) is 16.6 Å². The molecule has 0 spiro atoms. The van der Waals surface area contributed by atoms with Gasteiger partial charge in [0.05, 0.1) is 13.2 Å². The van der Waals surface area contributed by atoms with Gasteiger partial charge in [0, 0.05) is 37.8 Å². The lowest BCUT2D eigenvalue weighted by Crippen LogP contribution is -2.50. The highest BCUT2D eigenvalue weighted by molar-refractivity contribution is 5.94. The molecule has 4 nitrogen and oxygen atoms in total. The zero-order valence-electron chi connectivity index (χ0n) is 16.9. The number of hydrogen-bond acceptors (Lipinski definition) is 3. The van der Waals surface area contributed by atoms with Crippen molar-refractivity contribution in [2.24, 2.45) is 0 Å². The Hall–Kier alpha value is -1.39. The van der Waals surface area contributed by atoms with E-state index in [0.717, 1.165) is 64.2 Å². The van der Waals surface area contributed by atoms with Crippen molar-refractivity contribution in [1.82, 2.24) is 9.80 Å². The SMILES string of the molecule is CCc1cc(C(=O)N2CCC(N3CCOCC3)CC2)ccc1C(C)(C)C. The van der Waals surface area contributed by atoms with E-state index in [1.807, 2.05) is 11.0 Å². The molecule has 0 atom stereocenters. The highest BCUT2D eigenvalue weighted by atomic mass is 16.5. The summed E-state index contributed by atoms with van der Waals surface area (Å²) in [5.74, 6) is 0.195. The molecule has 0 N–H and O–H groups in total. The molecule has 1 aromatic carbocycles. The van der Waals surface area contributed by atoms with Crippen molar-refractivity contribution in [3.8, 4) is 0 Å². The molecule has 0 aromatic heterocycles. The van der Waals surface area contributed by atoms with E-state index in [-0.39, 0.29) is 11.3 Å². The minimum absolute atomic E-state index is 0.115. The molecule has 1 amide bonds.